The van der Waals surface area contributed by atoms with Crippen LogP contribution in [0.4, 0.5) is 10.3 Å². The fourth-order valence-electron chi connectivity index (χ4n) is 4.30. The Morgan fingerprint density at radius 2 is 2.03 bits per heavy atom. The van der Waals surface area contributed by atoms with Crippen LogP contribution in [0.15, 0.2) is 36.8 Å². The highest BCUT2D eigenvalue weighted by Crippen LogP contribution is 2.34. The van der Waals surface area contributed by atoms with Gasteiger partial charge in [0.1, 0.15) is 17.6 Å². The van der Waals surface area contributed by atoms with Crippen molar-refractivity contribution in [1.82, 2.24) is 30.3 Å². The van der Waals surface area contributed by atoms with Gasteiger partial charge in [0.15, 0.2) is 0 Å². The maximum atomic E-state index is 15.0. The molecule has 3 N–H and O–H groups in total. The van der Waals surface area contributed by atoms with E-state index in [-0.39, 0.29) is 17.2 Å². The van der Waals surface area contributed by atoms with Crippen LogP contribution in [-0.2, 0) is 6.98 Å². The van der Waals surface area contributed by atoms with E-state index >= 15 is 4.39 Å². The van der Waals surface area contributed by atoms with Gasteiger partial charge < -0.3 is 15.7 Å². The van der Waals surface area contributed by atoms with Crippen molar-refractivity contribution in [1.29, 1.82) is 0 Å². The fourth-order valence-corrected chi connectivity index (χ4v) is 4.30. The Kier molecular flexibility index (Phi) is 4.29. The topological polar surface area (TPSA) is 101 Å². The summed E-state index contributed by atoms with van der Waals surface area (Å²) in [6, 6.07) is 4.38. The second kappa shape index (κ2) is 7.56. The van der Waals surface area contributed by atoms with Crippen LogP contribution < -0.4 is 10.6 Å². The van der Waals surface area contributed by atoms with Gasteiger partial charge in [-0.1, -0.05) is 6.07 Å². The smallest absolute Gasteiger partial charge is 0.243 e. The molecule has 0 spiro atoms. The van der Waals surface area contributed by atoms with Crippen LogP contribution in [0.2, 0.25) is 0 Å². The number of halogens is 1. The summed E-state index contributed by atoms with van der Waals surface area (Å²) in [4.78, 5) is 4.27. The molecule has 0 saturated carbocycles. The molecule has 2 aromatic heterocycles. The maximum Gasteiger partial charge on any atom is 0.243 e. The van der Waals surface area contributed by atoms with Crippen LogP contribution >= 0.6 is 0 Å². The summed E-state index contributed by atoms with van der Waals surface area (Å²) >= 11 is 0. The highest BCUT2D eigenvalue weighted by atomic mass is 19.1. The zero-order valence-corrected chi connectivity index (χ0v) is 17.9. The minimum absolute atomic E-state index is 0.0679. The Morgan fingerprint density at radius 1 is 1.23 bits per heavy atom. The lowest BCUT2D eigenvalue weighted by Crippen LogP contribution is -2.67. The first-order valence-electron chi connectivity index (χ1n) is 11.5. The second-order valence-corrected chi connectivity index (χ2v) is 9.16. The molecular weight excluding hydrogens is 397 g/mol. The summed E-state index contributed by atoms with van der Waals surface area (Å²) in [5, 5.41) is 29.0. The van der Waals surface area contributed by atoms with Gasteiger partial charge in [0, 0.05) is 39.5 Å². The number of benzene rings is 1. The highest BCUT2D eigenvalue weighted by Gasteiger charge is 2.46. The van der Waals surface area contributed by atoms with Gasteiger partial charge in [0.25, 0.3) is 0 Å². The number of nitrogens with one attached hydrogen (secondary N) is 2. The summed E-state index contributed by atoms with van der Waals surface area (Å²) < 4.78 is 38.2. The average Bonchev–Trinajstić information content (AvgIpc) is 3.22. The zero-order chi connectivity index (χ0) is 24.9. The summed E-state index contributed by atoms with van der Waals surface area (Å²) in [7, 11) is 0. The molecule has 1 aliphatic rings. The Labute approximate surface area is 185 Å². The van der Waals surface area contributed by atoms with Crippen molar-refractivity contribution in [2.45, 2.75) is 57.4 Å². The molecule has 0 aliphatic carbocycles. The number of hydrogen-bond donors (Lipinski definition) is 3. The van der Waals surface area contributed by atoms with Crippen molar-refractivity contribution in [2.24, 2.45) is 6.98 Å². The Bertz CT molecular complexity index is 1180. The number of anilines is 1. The number of aryl methyl sites for hydroxylation is 1. The summed E-state index contributed by atoms with van der Waals surface area (Å²) in [5.41, 5.74) is 0.934. The molecule has 9 heteroatoms. The third kappa shape index (κ3) is 4.36. The minimum atomic E-state index is -2.38. The van der Waals surface area contributed by atoms with Crippen molar-refractivity contribution in [2.75, 3.05) is 5.32 Å². The molecule has 1 aliphatic heterocycles. The molecule has 0 bridgehead atoms. The standard InChI is InChI=1S/C22H28FN7O/c1-21(2)9-16(19(23)22(3,4)29-21)26-20-24-11-17(27-28-20)15-7-6-13(8-18(15)31)14-10-25-30(5)12-14/h6-8,10-12,16,19,29,31H,9H2,1-5H3,(H,24,26,28)/t16-,19-/m0/s1/i5D3. The number of aromatic hydroxyl groups is 1. The monoisotopic (exact) mass is 428 g/mol. The molecule has 1 fully saturated rings. The average molecular weight is 429 g/mol. The minimum Gasteiger partial charge on any atom is -0.507 e. The molecule has 0 unspecified atom stereocenters. The predicted molar refractivity (Wildman–Crippen MR) is 117 cm³/mol. The van der Waals surface area contributed by atoms with Crippen molar-refractivity contribution < 1.29 is 13.6 Å². The Hall–Kier alpha value is -3.07. The van der Waals surface area contributed by atoms with Gasteiger partial charge in [-0.05, 0) is 51.8 Å². The number of nitrogens with zero attached hydrogens (tertiary/aromatic N) is 5. The molecule has 3 aromatic rings. The molecule has 8 nitrogen and oxygen atoms in total. The van der Waals surface area contributed by atoms with Crippen LogP contribution in [0, 0.1) is 0 Å². The highest BCUT2D eigenvalue weighted by molar-refractivity contribution is 5.73. The van der Waals surface area contributed by atoms with Gasteiger partial charge >= 0.3 is 0 Å². The van der Waals surface area contributed by atoms with E-state index in [4.69, 9.17) is 4.11 Å². The summed E-state index contributed by atoms with van der Waals surface area (Å²) in [6.07, 6.45) is 3.66. The SMILES string of the molecule is [2H]C([2H])([2H])n1cc(-c2ccc(-c3cnc(N[C@H]4CC(C)(C)NC(C)(C)[C@H]4F)nn3)c(O)c2)cn1. The van der Waals surface area contributed by atoms with Crippen LogP contribution in [0.25, 0.3) is 22.4 Å². The van der Waals surface area contributed by atoms with Crippen molar-refractivity contribution in [3.05, 3.63) is 36.8 Å². The third-order valence-electron chi connectivity index (χ3n) is 5.50. The molecule has 164 valence electrons. The number of alkyl halides is 1. The number of phenols is 1. The lowest BCUT2D eigenvalue weighted by atomic mass is 9.78. The molecule has 2 atom stereocenters. The first-order valence-corrected chi connectivity index (χ1v) is 10.0. The Morgan fingerprint density at radius 3 is 2.68 bits per heavy atom. The van der Waals surface area contributed by atoms with Gasteiger partial charge in [-0.2, -0.15) is 5.10 Å². The summed E-state index contributed by atoms with van der Waals surface area (Å²) in [5.74, 6) is 0.139. The molecule has 4 rings (SSSR count). The second-order valence-electron chi connectivity index (χ2n) is 9.16. The predicted octanol–water partition coefficient (Wildman–Crippen LogP) is 3.31. The van der Waals surface area contributed by atoms with Crippen molar-refractivity contribution in [3.63, 3.8) is 0 Å². The fraction of sp³-hybridized carbons (Fsp3) is 0.455. The van der Waals surface area contributed by atoms with E-state index in [0.717, 1.165) is 4.68 Å². The Balaban J connectivity index is 1.51. The van der Waals surface area contributed by atoms with Gasteiger partial charge in [-0.15, -0.1) is 10.2 Å². The molecule has 0 amide bonds. The molecule has 3 heterocycles. The quantitative estimate of drug-likeness (QED) is 0.586. The van der Waals surface area contributed by atoms with Crippen molar-refractivity contribution >= 4 is 5.95 Å². The van der Waals surface area contributed by atoms with Crippen LogP contribution in [0.1, 0.15) is 38.2 Å². The number of rotatable bonds is 4. The van der Waals surface area contributed by atoms with Gasteiger partial charge in [0.2, 0.25) is 5.95 Å². The van der Waals surface area contributed by atoms with Crippen LogP contribution in [-0.4, -0.2) is 53.4 Å². The van der Waals surface area contributed by atoms with E-state index in [1.807, 2.05) is 27.7 Å². The van der Waals surface area contributed by atoms with E-state index in [1.165, 1.54) is 24.7 Å². The molecular formula is C22H28FN7O. The van der Waals surface area contributed by atoms with Gasteiger partial charge in [-0.25, -0.2) is 9.37 Å². The molecule has 1 saturated heterocycles. The van der Waals surface area contributed by atoms with Gasteiger partial charge in [-0.3, -0.25) is 4.68 Å². The molecule has 31 heavy (non-hydrogen) atoms. The van der Waals surface area contributed by atoms with Gasteiger partial charge in [0.05, 0.1) is 18.4 Å². The van der Waals surface area contributed by atoms with E-state index < -0.39 is 24.7 Å². The van der Waals surface area contributed by atoms with E-state index in [0.29, 0.717) is 28.8 Å². The van der Waals surface area contributed by atoms with E-state index in [9.17, 15) is 5.11 Å². The van der Waals surface area contributed by atoms with E-state index in [1.54, 1.807) is 12.1 Å². The molecule has 1 aromatic carbocycles. The summed E-state index contributed by atoms with van der Waals surface area (Å²) in [6.45, 7) is 5.33. The van der Waals surface area contributed by atoms with Crippen LogP contribution in [0.3, 0.4) is 0 Å². The number of piperidine rings is 1. The molecule has 0 radical (unpaired) electrons. The third-order valence-corrected chi connectivity index (χ3v) is 5.50. The first kappa shape index (κ1) is 17.6. The largest absolute Gasteiger partial charge is 0.507 e. The lowest BCUT2D eigenvalue weighted by molar-refractivity contribution is 0.0654. The lowest BCUT2D eigenvalue weighted by Gasteiger charge is -2.48. The van der Waals surface area contributed by atoms with E-state index in [2.05, 4.69) is 30.9 Å². The number of aromatic nitrogens is 5. The van der Waals surface area contributed by atoms with Crippen LogP contribution in [0.5, 0.6) is 5.75 Å². The zero-order valence-electron chi connectivity index (χ0n) is 20.9. The normalized spacial score (nSPS) is 24.1. The van der Waals surface area contributed by atoms with Crippen molar-refractivity contribution in [3.8, 4) is 28.1 Å². The number of phenolic OH excluding ortho intramolecular Hbond substituents is 1. The first-order chi connectivity index (χ1) is 15.7. The number of hydrogen-bond acceptors (Lipinski definition) is 7. The maximum absolute atomic E-state index is 15.0.